The second-order valence-corrected chi connectivity index (χ2v) is 9.48. The molecule has 0 unspecified atom stereocenters. The molecule has 1 atom stereocenters. The third-order valence-corrected chi connectivity index (χ3v) is 6.23. The van der Waals surface area contributed by atoms with E-state index in [1.54, 1.807) is 43.3 Å². The van der Waals surface area contributed by atoms with Crippen molar-refractivity contribution in [2.45, 2.75) is 19.9 Å². The number of nitrogens with one attached hydrogen (secondary N) is 1. The van der Waals surface area contributed by atoms with Gasteiger partial charge in [0.05, 0.1) is 22.6 Å². The van der Waals surface area contributed by atoms with Gasteiger partial charge >= 0.3 is 0 Å². The number of hydrogen-bond acceptors (Lipinski definition) is 7. The molecule has 3 rings (SSSR count). The summed E-state index contributed by atoms with van der Waals surface area (Å²) >= 11 is 0. The molecule has 0 saturated heterocycles. The first-order valence-corrected chi connectivity index (χ1v) is 12.3. The normalized spacial score (nSPS) is 12.5. The molecular weight excluding hydrogens is 472 g/mol. The Morgan fingerprint density at radius 2 is 1.57 bits per heavy atom. The van der Waals surface area contributed by atoms with Crippen LogP contribution < -0.4 is 14.5 Å². The number of nitrogens with zero attached hydrogens (tertiary/aromatic N) is 3. The molecule has 0 aliphatic carbocycles. The predicted octanol–water partition coefficient (Wildman–Crippen LogP) is 4.08. The Morgan fingerprint density at radius 1 is 1.00 bits per heavy atom. The second-order valence-electron chi connectivity index (χ2n) is 7.62. The minimum absolute atomic E-state index is 0.0665. The van der Waals surface area contributed by atoms with Gasteiger partial charge < -0.3 is 4.74 Å². The van der Waals surface area contributed by atoms with E-state index in [2.05, 4.69) is 10.5 Å². The number of non-ortho nitro benzene ring substituents is 1. The number of sulfonamides is 1. The Balaban J connectivity index is 1.74. The minimum Gasteiger partial charge on any atom is -0.457 e. The fraction of sp³-hybridized carbons (Fsp3) is 0.167. The molecule has 3 aromatic carbocycles. The Bertz CT molecular complexity index is 1320. The molecule has 0 saturated carbocycles. The number of nitro groups is 1. The van der Waals surface area contributed by atoms with Gasteiger partial charge in [-0.1, -0.05) is 18.2 Å². The first-order chi connectivity index (χ1) is 16.6. The van der Waals surface area contributed by atoms with Crippen molar-refractivity contribution in [1.82, 2.24) is 5.43 Å². The topological polar surface area (TPSA) is 131 Å². The summed E-state index contributed by atoms with van der Waals surface area (Å²) in [6.07, 6.45) is 1.01. The second kappa shape index (κ2) is 10.8. The van der Waals surface area contributed by atoms with Crippen molar-refractivity contribution in [3.8, 4) is 11.5 Å². The van der Waals surface area contributed by atoms with E-state index < -0.39 is 26.9 Å². The first-order valence-electron chi connectivity index (χ1n) is 10.5. The number of para-hydroxylation sites is 1. The molecule has 3 aromatic rings. The Hall–Kier alpha value is -4.25. The van der Waals surface area contributed by atoms with Crippen molar-refractivity contribution in [3.63, 3.8) is 0 Å². The highest BCUT2D eigenvalue weighted by Crippen LogP contribution is 2.27. The monoisotopic (exact) mass is 496 g/mol. The lowest BCUT2D eigenvalue weighted by molar-refractivity contribution is -0.384. The highest BCUT2D eigenvalue weighted by molar-refractivity contribution is 7.92. The summed E-state index contributed by atoms with van der Waals surface area (Å²) in [5.74, 6) is 0.490. The van der Waals surface area contributed by atoms with Gasteiger partial charge in [0.1, 0.15) is 17.5 Å². The lowest BCUT2D eigenvalue weighted by atomic mass is 10.1. The molecule has 35 heavy (non-hydrogen) atoms. The fourth-order valence-corrected chi connectivity index (χ4v) is 4.39. The number of rotatable bonds is 9. The predicted molar refractivity (Wildman–Crippen MR) is 133 cm³/mol. The van der Waals surface area contributed by atoms with Crippen LogP contribution in [0.1, 0.15) is 19.4 Å². The Labute approximate surface area is 203 Å². The lowest BCUT2D eigenvalue weighted by Gasteiger charge is -2.27. The quantitative estimate of drug-likeness (QED) is 0.270. The van der Waals surface area contributed by atoms with Crippen molar-refractivity contribution in [2.24, 2.45) is 5.10 Å². The van der Waals surface area contributed by atoms with Crippen LogP contribution in [-0.2, 0) is 14.8 Å². The molecule has 0 aliphatic heterocycles. The van der Waals surface area contributed by atoms with Gasteiger partial charge in [0.25, 0.3) is 11.6 Å². The van der Waals surface area contributed by atoms with Gasteiger partial charge in [-0.3, -0.25) is 19.2 Å². The zero-order valence-corrected chi connectivity index (χ0v) is 20.1. The number of hydrazone groups is 1. The first kappa shape index (κ1) is 25.4. The molecule has 10 nitrogen and oxygen atoms in total. The maximum absolute atomic E-state index is 12.8. The Kier molecular flexibility index (Phi) is 7.82. The minimum atomic E-state index is -3.82. The largest absolute Gasteiger partial charge is 0.457 e. The Morgan fingerprint density at radius 3 is 2.11 bits per heavy atom. The van der Waals surface area contributed by atoms with Gasteiger partial charge in [-0.25, -0.2) is 13.8 Å². The van der Waals surface area contributed by atoms with Crippen LogP contribution in [0.5, 0.6) is 11.5 Å². The van der Waals surface area contributed by atoms with Gasteiger partial charge in [-0.05, 0) is 67.9 Å². The third kappa shape index (κ3) is 6.64. The van der Waals surface area contributed by atoms with Crippen molar-refractivity contribution in [1.29, 1.82) is 0 Å². The summed E-state index contributed by atoms with van der Waals surface area (Å²) in [6, 6.07) is 20.0. The van der Waals surface area contributed by atoms with E-state index in [1.807, 2.05) is 18.2 Å². The van der Waals surface area contributed by atoms with Crippen molar-refractivity contribution in [3.05, 3.63) is 94.5 Å². The highest BCUT2D eigenvalue weighted by atomic mass is 32.2. The maximum atomic E-state index is 12.8. The van der Waals surface area contributed by atoms with Crippen molar-refractivity contribution >= 4 is 33.0 Å². The van der Waals surface area contributed by atoms with Crippen LogP contribution in [0.15, 0.2) is 84.0 Å². The number of carbonyl (C=O) groups is 1. The van der Waals surface area contributed by atoms with E-state index >= 15 is 0 Å². The van der Waals surface area contributed by atoms with E-state index in [1.165, 1.54) is 31.2 Å². The standard InChI is InChI=1S/C24H24N4O6S/c1-17(19-9-11-21(12-10-19)28(30)31)25-26-24(29)18(2)27(35(3,32)33)20-13-15-23(16-14-20)34-22-7-5-4-6-8-22/h4-16,18H,1-3H3,(H,26,29)/b25-17-/t18-/m1/s1. The fourth-order valence-electron chi connectivity index (χ4n) is 3.22. The third-order valence-electron chi connectivity index (χ3n) is 4.99. The number of amides is 1. The van der Waals surface area contributed by atoms with E-state index in [0.717, 1.165) is 10.6 Å². The van der Waals surface area contributed by atoms with Crippen LogP contribution in [0.25, 0.3) is 0 Å². The summed E-state index contributed by atoms with van der Waals surface area (Å²) in [5, 5.41) is 14.8. The lowest BCUT2D eigenvalue weighted by Crippen LogP contribution is -2.46. The van der Waals surface area contributed by atoms with Crippen LogP contribution in [0.3, 0.4) is 0 Å². The summed E-state index contributed by atoms with van der Waals surface area (Å²) in [4.78, 5) is 23.0. The average Bonchev–Trinajstić information content (AvgIpc) is 2.83. The molecule has 0 fully saturated rings. The summed E-state index contributed by atoms with van der Waals surface area (Å²) in [5.41, 5.74) is 3.55. The van der Waals surface area contributed by atoms with Crippen LogP contribution in [0, 0.1) is 10.1 Å². The summed E-state index contributed by atoms with van der Waals surface area (Å²) in [7, 11) is -3.82. The molecule has 1 N–H and O–H groups in total. The summed E-state index contributed by atoms with van der Waals surface area (Å²) in [6.45, 7) is 3.06. The highest BCUT2D eigenvalue weighted by Gasteiger charge is 2.29. The molecule has 0 heterocycles. The van der Waals surface area contributed by atoms with Crippen molar-refractivity contribution in [2.75, 3.05) is 10.6 Å². The number of benzene rings is 3. The van der Waals surface area contributed by atoms with E-state index in [4.69, 9.17) is 4.74 Å². The molecule has 11 heteroatoms. The van der Waals surface area contributed by atoms with E-state index in [0.29, 0.717) is 22.8 Å². The average molecular weight is 497 g/mol. The van der Waals surface area contributed by atoms with Crippen LogP contribution in [0.2, 0.25) is 0 Å². The smallest absolute Gasteiger partial charge is 0.269 e. The molecule has 0 spiro atoms. The van der Waals surface area contributed by atoms with Crippen LogP contribution in [0.4, 0.5) is 11.4 Å². The molecule has 0 aliphatic rings. The van der Waals surface area contributed by atoms with Gasteiger partial charge in [0, 0.05) is 12.1 Å². The van der Waals surface area contributed by atoms with E-state index in [9.17, 15) is 23.3 Å². The molecular formula is C24H24N4O6S. The number of hydrogen-bond donors (Lipinski definition) is 1. The van der Waals surface area contributed by atoms with Crippen molar-refractivity contribution < 1.29 is 22.9 Å². The van der Waals surface area contributed by atoms with Gasteiger partial charge in [0.2, 0.25) is 10.0 Å². The zero-order chi connectivity index (χ0) is 25.6. The van der Waals surface area contributed by atoms with E-state index in [-0.39, 0.29) is 11.4 Å². The maximum Gasteiger partial charge on any atom is 0.269 e. The molecule has 1 amide bonds. The molecule has 0 bridgehead atoms. The van der Waals surface area contributed by atoms with Crippen LogP contribution in [-0.4, -0.2) is 37.3 Å². The zero-order valence-electron chi connectivity index (χ0n) is 19.3. The number of carbonyl (C=O) groups excluding carboxylic acids is 1. The van der Waals surface area contributed by atoms with Gasteiger partial charge in [-0.2, -0.15) is 5.10 Å². The molecule has 0 aromatic heterocycles. The molecule has 182 valence electrons. The van der Waals surface area contributed by atoms with Crippen LogP contribution >= 0.6 is 0 Å². The number of nitro benzene ring substituents is 1. The SMILES string of the molecule is C/C(=N/NC(=O)[C@@H](C)N(c1ccc(Oc2ccccc2)cc1)S(C)(=O)=O)c1ccc([N+](=O)[O-])cc1. The summed E-state index contributed by atoms with van der Waals surface area (Å²) < 4.78 is 31.8. The van der Waals surface area contributed by atoms with Gasteiger partial charge in [0.15, 0.2) is 0 Å². The van der Waals surface area contributed by atoms with Gasteiger partial charge in [-0.15, -0.1) is 0 Å². The molecule has 0 radical (unpaired) electrons. The number of anilines is 1. The number of ether oxygens (including phenoxy) is 1.